The second kappa shape index (κ2) is 20.8. The summed E-state index contributed by atoms with van der Waals surface area (Å²) in [7, 11) is -2.07. The van der Waals surface area contributed by atoms with E-state index in [-0.39, 0.29) is 62.2 Å². The third-order valence-corrected chi connectivity index (χ3v) is 16.2. The van der Waals surface area contributed by atoms with Crippen LogP contribution in [-0.2, 0) is 37.7 Å². The number of thiazole rings is 1. The van der Waals surface area contributed by atoms with Crippen LogP contribution in [0.3, 0.4) is 0 Å². The van der Waals surface area contributed by atoms with E-state index in [0.717, 1.165) is 37.2 Å². The molecule has 0 radical (unpaired) electrons. The molecule has 6 rings (SSSR count). The van der Waals surface area contributed by atoms with Crippen molar-refractivity contribution in [3.05, 3.63) is 42.3 Å². The molecule has 2 saturated carbocycles. The number of aromatic nitrogens is 2. The summed E-state index contributed by atoms with van der Waals surface area (Å²) in [5.41, 5.74) is 1.14. The van der Waals surface area contributed by atoms with Gasteiger partial charge >= 0.3 is 12.1 Å². The number of carbonyl (C=O) groups is 4. The van der Waals surface area contributed by atoms with E-state index in [1.54, 1.807) is 18.1 Å². The lowest BCUT2D eigenvalue weighted by atomic mass is 9.77. The number of anilines is 1. The molecule has 1 aromatic carbocycles. The number of likely N-dealkylation sites (tertiary alicyclic amines) is 1. The van der Waals surface area contributed by atoms with E-state index < -0.39 is 54.9 Å². The van der Waals surface area contributed by atoms with Gasteiger partial charge in [-0.15, -0.1) is 17.9 Å². The third kappa shape index (κ3) is 11.6. The molecule has 3 heterocycles. The normalized spacial score (nSPS) is 22.5. The predicted molar refractivity (Wildman–Crippen MR) is 246 cm³/mol. The van der Waals surface area contributed by atoms with Crippen molar-refractivity contribution in [3.8, 4) is 22.9 Å². The first-order chi connectivity index (χ1) is 30.4. The van der Waals surface area contributed by atoms with E-state index in [1.165, 1.54) is 18.0 Å². The van der Waals surface area contributed by atoms with Gasteiger partial charge in [0.15, 0.2) is 10.9 Å². The van der Waals surface area contributed by atoms with Gasteiger partial charge in [0.1, 0.15) is 29.4 Å². The molecule has 64 heavy (non-hydrogen) atoms. The van der Waals surface area contributed by atoms with Crippen molar-refractivity contribution in [2.24, 2.45) is 17.3 Å². The molecule has 1 N–H and O–H groups in total. The summed E-state index contributed by atoms with van der Waals surface area (Å²) in [6.45, 7) is 16.7. The Labute approximate surface area is 380 Å². The minimum atomic E-state index is -3.65. The first-order valence-electron chi connectivity index (χ1n) is 22.4. The Morgan fingerprint density at radius 2 is 1.83 bits per heavy atom. The quantitative estimate of drug-likeness (QED) is 0.0350. The van der Waals surface area contributed by atoms with Crippen molar-refractivity contribution in [1.82, 2.24) is 14.9 Å². The van der Waals surface area contributed by atoms with E-state index >= 15 is 0 Å². The number of rotatable bonds is 21. The maximum atomic E-state index is 15.0. The molecular formula is C47H65N4O11PS. The minimum Gasteiger partial charge on any atom is -0.497 e. The molecule has 1 amide bonds. The fraction of sp³-hybridized carbons (Fsp3) is 0.617. The van der Waals surface area contributed by atoms with Crippen molar-refractivity contribution < 1.29 is 52.0 Å². The highest BCUT2D eigenvalue weighted by molar-refractivity contribution is 7.60. The smallest absolute Gasteiger partial charge is 0.497 e. The van der Waals surface area contributed by atoms with Gasteiger partial charge in [0.25, 0.3) is 0 Å². The molecular weight excluding hydrogens is 860 g/mol. The standard InChI is InChI=1S/C47H65N4O11PS/c1-10-12-19-58-45(55)59-28-60-63(9,56)47(24-30(47)11-2)25-40(52)39-21-33(26-51(39)43(54)35(46(5,6)7)22-42(53)62-31-15-13-14-16-31)61-41-23-37(38-27-64-44(50-38)48-29(3)4)49-36-20-32(57-8)17-18-34(36)41/h11,17-18,20,23,27,29-31,33,35,39H,2,10,12-16,19,21-22,24-26,28H2,1,3-9H3,(H,48,50)/t30-,33?,35-,39+,47-,63?/m1/s1. The Morgan fingerprint density at radius 1 is 1.08 bits per heavy atom. The van der Waals surface area contributed by atoms with E-state index in [4.69, 9.17) is 38.2 Å². The number of methoxy groups -OCH3 is 1. The molecule has 2 unspecified atom stereocenters. The van der Waals surface area contributed by atoms with Gasteiger partial charge in [-0.25, -0.2) is 14.8 Å². The first-order valence-corrected chi connectivity index (χ1v) is 25.4. The molecule has 0 bridgehead atoms. The molecule has 350 valence electrons. The van der Waals surface area contributed by atoms with Crippen molar-refractivity contribution in [1.29, 1.82) is 0 Å². The summed E-state index contributed by atoms with van der Waals surface area (Å²) in [6, 6.07) is 6.51. The largest absolute Gasteiger partial charge is 0.510 e. The van der Waals surface area contributed by atoms with Crippen molar-refractivity contribution in [2.45, 2.75) is 135 Å². The number of ether oxygens (including phenoxy) is 5. The number of pyridine rings is 1. The Hall–Kier alpha value is -4.53. The zero-order valence-corrected chi connectivity index (χ0v) is 40.2. The summed E-state index contributed by atoms with van der Waals surface area (Å²) in [4.78, 5) is 66.7. The Kier molecular flexibility index (Phi) is 15.9. The summed E-state index contributed by atoms with van der Waals surface area (Å²) >= 11 is 1.47. The number of hydrogen-bond donors (Lipinski definition) is 1. The van der Waals surface area contributed by atoms with Crippen LogP contribution in [0.25, 0.3) is 22.3 Å². The number of ketones is 1. The first kappa shape index (κ1) is 48.9. The summed E-state index contributed by atoms with van der Waals surface area (Å²) in [6.07, 6.45) is 5.10. The topological polar surface area (TPSA) is 182 Å². The zero-order chi connectivity index (χ0) is 46.4. The number of esters is 1. The van der Waals surface area contributed by atoms with Crippen molar-refractivity contribution >= 4 is 58.6 Å². The highest BCUT2D eigenvalue weighted by atomic mass is 32.1. The van der Waals surface area contributed by atoms with Gasteiger partial charge in [0, 0.05) is 48.4 Å². The van der Waals surface area contributed by atoms with E-state index in [2.05, 4.69) is 11.9 Å². The number of benzene rings is 1. The molecule has 15 nitrogen and oxygen atoms in total. The van der Waals surface area contributed by atoms with Crippen LogP contribution in [0.4, 0.5) is 9.93 Å². The number of amides is 1. The van der Waals surface area contributed by atoms with Crippen LogP contribution >= 0.6 is 18.7 Å². The molecule has 3 fully saturated rings. The number of hydrogen-bond acceptors (Lipinski definition) is 15. The average Bonchev–Trinajstić information content (AvgIpc) is 3.63. The lowest BCUT2D eigenvalue weighted by molar-refractivity contribution is -0.156. The van der Waals surface area contributed by atoms with Gasteiger partial charge in [-0.3, -0.25) is 23.5 Å². The number of nitrogens with one attached hydrogen (secondary N) is 1. The fourth-order valence-corrected chi connectivity index (χ4v) is 11.8. The van der Waals surface area contributed by atoms with Gasteiger partial charge in [0.05, 0.1) is 55.0 Å². The van der Waals surface area contributed by atoms with E-state index in [1.807, 2.05) is 71.2 Å². The van der Waals surface area contributed by atoms with Crippen LogP contribution < -0.4 is 14.8 Å². The number of fused-ring (bicyclic) bond motifs is 1. The predicted octanol–water partition coefficient (Wildman–Crippen LogP) is 9.81. The van der Waals surface area contributed by atoms with Crippen LogP contribution in [0.15, 0.2) is 42.3 Å². The highest BCUT2D eigenvalue weighted by Gasteiger charge is 2.65. The maximum absolute atomic E-state index is 15.0. The number of nitrogens with zero attached hydrogens (tertiary/aromatic N) is 3. The molecule has 2 aromatic heterocycles. The Morgan fingerprint density at radius 3 is 2.48 bits per heavy atom. The SMILES string of the molecule is C=C[C@@H]1C[C@]1(CC(=O)[C@@H]1CC(Oc2cc(-c3csc(NC(C)C)n3)nc3cc(OC)ccc23)CN1C(=O)[C@@H](CC(=O)OC1CCCC1)C(C)(C)C)P(C)(=O)OCOC(=O)OCCCC. The Bertz CT molecular complexity index is 2220. The van der Waals surface area contributed by atoms with Crippen LogP contribution in [0.2, 0.25) is 0 Å². The molecule has 1 aliphatic heterocycles. The minimum absolute atomic E-state index is 0.0418. The fourth-order valence-electron chi connectivity index (χ4n) is 8.72. The maximum Gasteiger partial charge on any atom is 0.510 e. The second-order valence-corrected chi connectivity index (χ2v) is 22.4. The summed E-state index contributed by atoms with van der Waals surface area (Å²) in [5, 5.41) is 5.57. The molecule has 0 spiro atoms. The molecule has 6 atom stereocenters. The molecule has 2 aliphatic carbocycles. The Balaban J connectivity index is 1.30. The van der Waals surface area contributed by atoms with Gasteiger partial charge in [-0.2, -0.15) is 0 Å². The molecule has 1 saturated heterocycles. The number of unbranched alkanes of at least 4 members (excludes halogenated alkanes) is 1. The summed E-state index contributed by atoms with van der Waals surface area (Å²) in [5.74, 6) is -1.19. The van der Waals surface area contributed by atoms with Crippen LogP contribution in [0.5, 0.6) is 11.5 Å². The lowest BCUT2D eigenvalue weighted by Crippen LogP contribution is -2.48. The van der Waals surface area contributed by atoms with Gasteiger partial charge < -0.3 is 33.9 Å². The molecule has 3 aromatic rings. The van der Waals surface area contributed by atoms with Crippen molar-refractivity contribution in [2.75, 3.05) is 39.0 Å². The number of carbonyl (C=O) groups excluding carboxylic acids is 4. The lowest BCUT2D eigenvalue weighted by Gasteiger charge is -2.35. The molecule has 17 heteroatoms. The van der Waals surface area contributed by atoms with E-state index in [0.29, 0.717) is 46.6 Å². The zero-order valence-electron chi connectivity index (χ0n) is 38.5. The second-order valence-electron chi connectivity index (χ2n) is 18.7. The number of Topliss-reactive ketones (excluding diaryl/α,β-unsaturated/α-hetero) is 1. The van der Waals surface area contributed by atoms with Crippen LogP contribution in [-0.4, -0.2) is 102 Å². The van der Waals surface area contributed by atoms with Crippen LogP contribution in [0, 0.1) is 17.3 Å². The summed E-state index contributed by atoms with van der Waals surface area (Å²) < 4.78 is 48.5. The van der Waals surface area contributed by atoms with Gasteiger partial charge in [-0.05, 0) is 75.8 Å². The average molecular weight is 925 g/mol. The van der Waals surface area contributed by atoms with E-state index in [9.17, 15) is 23.7 Å². The van der Waals surface area contributed by atoms with Crippen LogP contribution in [0.1, 0.15) is 106 Å². The van der Waals surface area contributed by atoms with Gasteiger partial charge in [-0.1, -0.05) is 40.2 Å². The highest BCUT2D eigenvalue weighted by Crippen LogP contribution is 2.73. The van der Waals surface area contributed by atoms with Crippen molar-refractivity contribution in [3.63, 3.8) is 0 Å². The monoisotopic (exact) mass is 924 g/mol. The van der Waals surface area contributed by atoms with Gasteiger partial charge in [0.2, 0.25) is 20.1 Å². The molecule has 3 aliphatic rings. The number of allylic oxidation sites excluding steroid dienone is 1. The third-order valence-electron chi connectivity index (χ3n) is 12.6.